The van der Waals surface area contributed by atoms with Crippen LogP contribution in [0.5, 0.6) is 0 Å². The molecule has 1 N–H and O–H groups in total. The highest BCUT2D eigenvalue weighted by atomic mass is 32.2. The zero-order chi connectivity index (χ0) is 15.2. The van der Waals surface area contributed by atoms with Crippen molar-refractivity contribution in [3.8, 4) is 0 Å². The molecule has 0 aliphatic carbocycles. The Morgan fingerprint density at radius 2 is 2.00 bits per heavy atom. The van der Waals surface area contributed by atoms with E-state index in [1.165, 1.54) is 17.8 Å². The van der Waals surface area contributed by atoms with Gasteiger partial charge in [-0.2, -0.15) is 0 Å². The molecule has 0 amide bonds. The average molecular weight is 305 g/mol. The van der Waals surface area contributed by atoms with Crippen LogP contribution < -0.4 is 5.32 Å². The summed E-state index contributed by atoms with van der Waals surface area (Å²) in [7, 11) is 0. The van der Waals surface area contributed by atoms with Crippen molar-refractivity contribution in [2.24, 2.45) is 0 Å². The minimum Gasteiger partial charge on any atom is -0.310 e. The van der Waals surface area contributed by atoms with Crippen molar-refractivity contribution in [1.82, 2.24) is 15.3 Å². The standard InChI is InChI=1S/C16H20FN3S/c1-4-8-18-12(3)13-6-5-7-14(17)15(13)21-16-19-9-11(2)10-20-16/h5-7,9-10,12,18H,4,8H2,1-3H3. The average Bonchev–Trinajstić information content (AvgIpc) is 2.49. The first kappa shape index (κ1) is 15.9. The third kappa shape index (κ3) is 4.25. The Morgan fingerprint density at radius 1 is 1.29 bits per heavy atom. The Balaban J connectivity index is 2.26. The molecule has 0 bridgehead atoms. The van der Waals surface area contributed by atoms with E-state index in [4.69, 9.17) is 0 Å². The highest BCUT2D eigenvalue weighted by Gasteiger charge is 2.16. The van der Waals surface area contributed by atoms with Gasteiger partial charge in [0, 0.05) is 18.4 Å². The topological polar surface area (TPSA) is 37.8 Å². The van der Waals surface area contributed by atoms with Gasteiger partial charge in [-0.1, -0.05) is 19.1 Å². The summed E-state index contributed by atoms with van der Waals surface area (Å²) in [5.41, 5.74) is 1.93. The minimum atomic E-state index is -0.230. The first-order valence-electron chi connectivity index (χ1n) is 7.10. The van der Waals surface area contributed by atoms with Gasteiger partial charge in [-0.25, -0.2) is 14.4 Å². The molecule has 0 fully saturated rings. The summed E-state index contributed by atoms with van der Waals surface area (Å²) in [5, 5.41) is 3.95. The van der Waals surface area contributed by atoms with E-state index in [0.29, 0.717) is 10.1 Å². The SMILES string of the molecule is CCCNC(C)c1cccc(F)c1Sc1ncc(C)cn1. The van der Waals surface area contributed by atoms with Crippen molar-refractivity contribution in [2.45, 2.75) is 43.3 Å². The van der Waals surface area contributed by atoms with Crippen LogP contribution in [0.1, 0.15) is 37.4 Å². The quantitative estimate of drug-likeness (QED) is 0.814. The van der Waals surface area contributed by atoms with Gasteiger partial charge in [0.15, 0.2) is 5.16 Å². The summed E-state index contributed by atoms with van der Waals surface area (Å²) in [4.78, 5) is 9.08. The Bertz CT molecular complexity index is 587. The summed E-state index contributed by atoms with van der Waals surface area (Å²) in [6.07, 6.45) is 4.53. The highest BCUT2D eigenvalue weighted by molar-refractivity contribution is 7.99. The van der Waals surface area contributed by atoms with E-state index in [2.05, 4.69) is 22.2 Å². The molecule has 1 heterocycles. The summed E-state index contributed by atoms with van der Waals surface area (Å²) < 4.78 is 14.2. The van der Waals surface area contributed by atoms with Crippen molar-refractivity contribution in [2.75, 3.05) is 6.54 Å². The number of nitrogens with one attached hydrogen (secondary N) is 1. The van der Waals surface area contributed by atoms with Crippen LogP contribution in [0.4, 0.5) is 4.39 Å². The molecule has 1 aromatic carbocycles. The van der Waals surface area contributed by atoms with E-state index >= 15 is 0 Å². The zero-order valence-electron chi connectivity index (χ0n) is 12.6. The number of hydrogen-bond acceptors (Lipinski definition) is 4. The first-order chi connectivity index (χ1) is 10.1. The van der Waals surface area contributed by atoms with E-state index < -0.39 is 0 Å². The normalized spacial score (nSPS) is 12.4. The molecule has 2 aromatic rings. The molecule has 1 atom stereocenters. The van der Waals surface area contributed by atoms with Gasteiger partial charge in [0.25, 0.3) is 0 Å². The Labute approximate surface area is 129 Å². The molecule has 1 unspecified atom stereocenters. The fourth-order valence-electron chi connectivity index (χ4n) is 1.97. The molecule has 0 spiro atoms. The second kappa shape index (κ2) is 7.52. The molecule has 0 aliphatic heterocycles. The molecule has 0 radical (unpaired) electrons. The number of nitrogens with zero attached hydrogens (tertiary/aromatic N) is 2. The maximum absolute atomic E-state index is 14.2. The fourth-order valence-corrected chi connectivity index (χ4v) is 2.89. The lowest BCUT2D eigenvalue weighted by molar-refractivity contribution is 0.543. The molecule has 0 saturated carbocycles. The minimum absolute atomic E-state index is 0.0913. The van der Waals surface area contributed by atoms with E-state index in [0.717, 1.165) is 24.1 Å². The smallest absolute Gasteiger partial charge is 0.192 e. The Hall–Kier alpha value is -1.46. The van der Waals surface area contributed by atoms with Crippen LogP contribution in [-0.4, -0.2) is 16.5 Å². The predicted molar refractivity (Wildman–Crippen MR) is 84.0 cm³/mol. The molecule has 5 heteroatoms. The van der Waals surface area contributed by atoms with Crippen molar-refractivity contribution in [1.29, 1.82) is 0 Å². The highest BCUT2D eigenvalue weighted by Crippen LogP contribution is 2.33. The maximum Gasteiger partial charge on any atom is 0.192 e. The monoisotopic (exact) mass is 305 g/mol. The van der Waals surface area contributed by atoms with Crippen LogP contribution in [0.25, 0.3) is 0 Å². The molecular formula is C16H20FN3S. The number of rotatable bonds is 6. The molecule has 2 rings (SSSR count). The Morgan fingerprint density at radius 3 is 2.67 bits per heavy atom. The predicted octanol–water partition coefficient (Wildman–Crippen LogP) is 4.14. The molecule has 1 aromatic heterocycles. The van der Waals surface area contributed by atoms with Crippen LogP contribution in [-0.2, 0) is 0 Å². The second-order valence-corrected chi connectivity index (χ2v) is 5.96. The van der Waals surface area contributed by atoms with Crippen LogP contribution >= 0.6 is 11.8 Å². The van der Waals surface area contributed by atoms with Gasteiger partial charge >= 0.3 is 0 Å². The number of aromatic nitrogens is 2. The van der Waals surface area contributed by atoms with Gasteiger partial charge in [0.1, 0.15) is 5.82 Å². The van der Waals surface area contributed by atoms with E-state index in [1.807, 2.05) is 19.9 Å². The van der Waals surface area contributed by atoms with E-state index in [9.17, 15) is 4.39 Å². The van der Waals surface area contributed by atoms with Gasteiger partial charge in [-0.15, -0.1) is 0 Å². The van der Waals surface area contributed by atoms with Crippen molar-refractivity contribution in [3.63, 3.8) is 0 Å². The molecule has 0 saturated heterocycles. The van der Waals surface area contributed by atoms with Gasteiger partial charge in [-0.05, 0) is 55.8 Å². The number of hydrogen-bond donors (Lipinski definition) is 1. The summed E-state index contributed by atoms with van der Waals surface area (Å²) in [5.74, 6) is -0.230. The summed E-state index contributed by atoms with van der Waals surface area (Å²) >= 11 is 1.27. The van der Waals surface area contributed by atoms with Crippen LogP contribution in [0.15, 0.2) is 40.6 Å². The molecule has 21 heavy (non-hydrogen) atoms. The first-order valence-corrected chi connectivity index (χ1v) is 7.91. The molecule has 0 aliphatic rings. The van der Waals surface area contributed by atoms with Crippen molar-refractivity contribution in [3.05, 3.63) is 47.5 Å². The summed E-state index contributed by atoms with van der Waals surface area (Å²) in [6.45, 7) is 6.99. The zero-order valence-corrected chi connectivity index (χ0v) is 13.4. The number of halogens is 1. The van der Waals surface area contributed by atoms with E-state index in [-0.39, 0.29) is 11.9 Å². The van der Waals surface area contributed by atoms with Gasteiger partial charge < -0.3 is 5.32 Å². The molecule has 112 valence electrons. The number of benzene rings is 1. The maximum atomic E-state index is 14.2. The van der Waals surface area contributed by atoms with Crippen molar-refractivity contribution >= 4 is 11.8 Å². The Kier molecular flexibility index (Phi) is 5.70. The lowest BCUT2D eigenvalue weighted by atomic mass is 10.1. The van der Waals surface area contributed by atoms with Crippen molar-refractivity contribution < 1.29 is 4.39 Å². The van der Waals surface area contributed by atoms with Crippen LogP contribution in [0, 0.1) is 12.7 Å². The third-order valence-corrected chi connectivity index (χ3v) is 4.14. The fraction of sp³-hybridized carbons (Fsp3) is 0.375. The lowest BCUT2D eigenvalue weighted by Crippen LogP contribution is -2.20. The third-order valence-electron chi connectivity index (χ3n) is 3.12. The van der Waals surface area contributed by atoms with E-state index in [1.54, 1.807) is 18.5 Å². The van der Waals surface area contributed by atoms with Gasteiger partial charge in [-0.3, -0.25) is 0 Å². The van der Waals surface area contributed by atoms with Gasteiger partial charge in [0.2, 0.25) is 0 Å². The molecular weight excluding hydrogens is 285 g/mol. The van der Waals surface area contributed by atoms with Crippen LogP contribution in [0.3, 0.4) is 0 Å². The number of aryl methyl sites for hydroxylation is 1. The summed E-state index contributed by atoms with van der Waals surface area (Å²) in [6, 6.07) is 5.27. The molecule has 3 nitrogen and oxygen atoms in total. The second-order valence-electron chi connectivity index (χ2n) is 4.98. The largest absolute Gasteiger partial charge is 0.310 e. The van der Waals surface area contributed by atoms with Gasteiger partial charge in [0.05, 0.1) is 4.90 Å². The lowest BCUT2D eigenvalue weighted by Gasteiger charge is -2.17. The van der Waals surface area contributed by atoms with Crippen LogP contribution in [0.2, 0.25) is 0 Å².